The Labute approximate surface area is 96.8 Å². The Morgan fingerprint density at radius 2 is 2.33 bits per heavy atom. The first kappa shape index (κ1) is 11.0. The largest absolute Gasteiger partial charge is 0.316 e. The van der Waals surface area contributed by atoms with Gasteiger partial charge in [0.05, 0.1) is 0 Å². The van der Waals surface area contributed by atoms with E-state index in [0.29, 0.717) is 0 Å². The first-order chi connectivity index (χ1) is 7.25. The summed E-state index contributed by atoms with van der Waals surface area (Å²) in [5.74, 6) is 0.789. The van der Waals surface area contributed by atoms with Crippen molar-refractivity contribution in [3.63, 3.8) is 0 Å². The highest BCUT2D eigenvalue weighted by molar-refractivity contribution is 6.31. The SMILES string of the molecule is Cc1ccc(CC2CCCNC2)cc1Cl. The number of hydrogen-bond acceptors (Lipinski definition) is 1. The van der Waals surface area contributed by atoms with Crippen molar-refractivity contribution in [2.24, 2.45) is 5.92 Å². The van der Waals surface area contributed by atoms with Gasteiger partial charge in [0.2, 0.25) is 0 Å². The Morgan fingerprint density at radius 1 is 1.47 bits per heavy atom. The van der Waals surface area contributed by atoms with Gasteiger partial charge in [0.25, 0.3) is 0 Å². The molecule has 1 saturated heterocycles. The zero-order valence-corrected chi connectivity index (χ0v) is 9.98. The highest BCUT2D eigenvalue weighted by Gasteiger charge is 2.13. The number of benzene rings is 1. The Balaban J connectivity index is 2.00. The van der Waals surface area contributed by atoms with Crippen LogP contribution in [-0.2, 0) is 6.42 Å². The molecule has 1 fully saturated rings. The van der Waals surface area contributed by atoms with Crippen LogP contribution in [-0.4, -0.2) is 13.1 Å². The van der Waals surface area contributed by atoms with Crippen LogP contribution in [0, 0.1) is 12.8 Å². The smallest absolute Gasteiger partial charge is 0.0437 e. The van der Waals surface area contributed by atoms with Crippen LogP contribution in [0.4, 0.5) is 0 Å². The zero-order chi connectivity index (χ0) is 10.7. The van der Waals surface area contributed by atoms with E-state index in [4.69, 9.17) is 11.6 Å². The number of piperidine rings is 1. The van der Waals surface area contributed by atoms with E-state index in [2.05, 4.69) is 23.5 Å². The fourth-order valence-corrected chi connectivity index (χ4v) is 2.40. The van der Waals surface area contributed by atoms with Crippen LogP contribution in [0.25, 0.3) is 0 Å². The van der Waals surface area contributed by atoms with Crippen molar-refractivity contribution >= 4 is 11.6 Å². The maximum absolute atomic E-state index is 6.12. The van der Waals surface area contributed by atoms with Crippen LogP contribution in [0.3, 0.4) is 0 Å². The van der Waals surface area contributed by atoms with Crippen LogP contribution < -0.4 is 5.32 Å². The molecule has 1 aliphatic rings. The van der Waals surface area contributed by atoms with Gasteiger partial charge in [0, 0.05) is 5.02 Å². The Bertz CT molecular complexity index is 329. The summed E-state index contributed by atoms with van der Waals surface area (Å²) in [6.45, 7) is 4.39. The van der Waals surface area contributed by atoms with Crippen molar-refractivity contribution in [2.45, 2.75) is 26.2 Å². The first-order valence-electron chi connectivity index (χ1n) is 5.71. The Hall–Kier alpha value is -0.530. The molecule has 1 aromatic carbocycles. The van der Waals surface area contributed by atoms with Crippen LogP contribution in [0.2, 0.25) is 5.02 Å². The molecule has 0 amide bonds. The normalized spacial score (nSPS) is 21.6. The summed E-state index contributed by atoms with van der Waals surface area (Å²) in [4.78, 5) is 0. The summed E-state index contributed by atoms with van der Waals surface area (Å²) in [7, 11) is 0. The van der Waals surface area contributed by atoms with E-state index in [1.165, 1.54) is 30.5 Å². The monoisotopic (exact) mass is 223 g/mol. The molecule has 1 unspecified atom stereocenters. The van der Waals surface area contributed by atoms with Crippen LogP contribution >= 0.6 is 11.6 Å². The predicted molar refractivity (Wildman–Crippen MR) is 65.5 cm³/mol. The third kappa shape index (κ3) is 2.96. The molecular formula is C13H18ClN. The van der Waals surface area contributed by atoms with Gasteiger partial charge in [0.1, 0.15) is 0 Å². The van der Waals surface area contributed by atoms with Gasteiger partial charge in [-0.3, -0.25) is 0 Å². The summed E-state index contributed by atoms with van der Waals surface area (Å²) in [5, 5.41) is 4.35. The van der Waals surface area contributed by atoms with Crippen LogP contribution in [0.15, 0.2) is 18.2 Å². The van der Waals surface area contributed by atoms with Gasteiger partial charge in [-0.25, -0.2) is 0 Å². The fourth-order valence-electron chi connectivity index (χ4n) is 2.19. The first-order valence-corrected chi connectivity index (χ1v) is 6.09. The molecule has 0 bridgehead atoms. The fraction of sp³-hybridized carbons (Fsp3) is 0.538. The molecule has 0 aliphatic carbocycles. The molecule has 1 N–H and O–H groups in total. The molecule has 0 aromatic heterocycles. The van der Waals surface area contributed by atoms with Gasteiger partial charge < -0.3 is 5.32 Å². The van der Waals surface area contributed by atoms with Crippen molar-refractivity contribution in [3.05, 3.63) is 34.3 Å². The maximum atomic E-state index is 6.12. The highest BCUT2D eigenvalue weighted by atomic mass is 35.5. The van der Waals surface area contributed by atoms with E-state index in [1.807, 2.05) is 6.92 Å². The number of rotatable bonds is 2. The minimum absolute atomic E-state index is 0.789. The van der Waals surface area contributed by atoms with Crippen LogP contribution in [0.5, 0.6) is 0 Å². The topological polar surface area (TPSA) is 12.0 Å². The van der Waals surface area contributed by atoms with E-state index < -0.39 is 0 Å². The molecule has 1 aromatic rings. The van der Waals surface area contributed by atoms with Gasteiger partial charge in [-0.05, 0) is 62.4 Å². The predicted octanol–water partition coefficient (Wildman–Crippen LogP) is 3.19. The van der Waals surface area contributed by atoms with Crippen molar-refractivity contribution in [1.82, 2.24) is 5.32 Å². The lowest BCUT2D eigenvalue weighted by atomic mass is 9.92. The average Bonchev–Trinajstić information content (AvgIpc) is 2.25. The molecule has 15 heavy (non-hydrogen) atoms. The minimum Gasteiger partial charge on any atom is -0.316 e. The summed E-state index contributed by atoms with van der Waals surface area (Å²) >= 11 is 6.12. The molecule has 0 saturated carbocycles. The molecule has 1 aliphatic heterocycles. The van der Waals surface area contributed by atoms with E-state index in [-0.39, 0.29) is 0 Å². The standard InChI is InChI=1S/C13H18ClN/c1-10-4-5-11(8-13(10)14)7-12-3-2-6-15-9-12/h4-5,8,12,15H,2-3,6-7,9H2,1H3. The molecule has 1 heterocycles. The second kappa shape index (κ2) is 5.00. The molecule has 0 spiro atoms. The molecule has 1 atom stereocenters. The third-order valence-corrected chi connectivity index (χ3v) is 3.57. The van der Waals surface area contributed by atoms with Gasteiger partial charge >= 0.3 is 0 Å². The number of halogens is 1. The molecule has 1 nitrogen and oxygen atoms in total. The van der Waals surface area contributed by atoms with Crippen molar-refractivity contribution in [3.8, 4) is 0 Å². The number of nitrogens with one attached hydrogen (secondary N) is 1. The van der Waals surface area contributed by atoms with Crippen molar-refractivity contribution in [1.29, 1.82) is 0 Å². The Kier molecular flexibility index (Phi) is 3.66. The summed E-state index contributed by atoms with van der Waals surface area (Å²) in [6, 6.07) is 6.44. The molecule has 0 radical (unpaired) electrons. The molecule has 82 valence electrons. The number of aryl methyl sites for hydroxylation is 1. The second-order valence-corrected chi connectivity index (χ2v) is 4.91. The van der Waals surface area contributed by atoms with Gasteiger partial charge in [-0.2, -0.15) is 0 Å². The summed E-state index contributed by atoms with van der Waals surface area (Å²) in [5.41, 5.74) is 2.54. The molecule has 2 heteroatoms. The molecule has 2 rings (SSSR count). The van der Waals surface area contributed by atoms with Gasteiger partial charge in [-0.15, -0.1) is 0 Å². The van der Waals surface area contributed by atoms with Crippen molar-refractivity contribution in [2.75, 3.05) is 13.1 Å². The average molecular weight is 224 g/mol. The second-order valence-electron chi connectivity index (χ2n) is 4.50. The van der Waals surface area contributed by atoms with E-state index in [1.54, 1.807) is 0 Å². The zero-order valence-electron chi connectivity index (χ0n) is 9.22. The van der Waals surface area contributed by atoms with Crippen LogP contribution in [0.1, 0.15) is 24.0 Å². The third-order valence-electron chi connectivity index (χ3n) is 3.16. The summed E-state index contributed by atoms with van der Waals surface area (Å²) in [6.07, 6.45) is 3.82. The molecular weight excluding hydrogens is 206 g/mol. The van der Waals surface area contributed by atoms with E-state index in [0.717, 1.165) is 23.9 Å². The van der Waals surface area contributed by atoms with E-state index >= 15 is 0 Å². The lowest BCUT2D eigenvalue weighted by Gasteiger charge is -2.22. The minimum atomic E-state index is 0.789. The number of hydrogen-bond donors (Lipinski definition) is 1. The lowest BCUT2D eigenvalue weighted by molar-refractivity contribution is 0.376. The van der Waals surface area contributed by atoms with Crippen molar-refractivity contribution < 1.29 is 0 Å². The maximum Gasteiger partial charge on any atom is 0.0437 e. The van der Waals surface area contributed by atoms with E-state index in [9.17, 15) is 0 Å². The van der Waals surface area contributed by atoms with Gasteiger partial charge in [-0.1, -0.05) is 23.7 Å². The quantitative estimate of drug-likeness (QED) is 0.812. The van der Waals surface area contributed by atoms with Gasteiger partial charge in [0.15, 0.2) is 0 Å². The lowest BCUT2D eigenvalue weighted by Crippen LogP contribution is -2.30. The highest BCUT2D eigenvalue weighted by Crippen LogP contribution is 2.21. The summed E-state index contributed by atoms with van der Waals surface area (Å²) < 4.78 is 0. The Morgan fingerprint density at radius 3 is 3.00 bits per heavy atom.